The minimum atomic E-state index is -0.318. The Hall–Kier alpha value is -1.18. The van der Waals surface area contributed by atoms with Crippen molar-refractivity contribution in [1.29, 1.82) is 0 Å². The van der Waals surface area contributed by atoms with Crippen LogP contribution in [-0.4, -0.2) is 7.11 Å². The van der Waals surface area contributed by atoms with E-state index in [1.54, 1.807) is 13.2 Å². The summed E-state index contributed by atoms with van der Waals surface area (Å²) in [5, 5.41) is 0. The third-order valence-corrected chi connectivity index (χ3v) is 3.59. The molecule has 2 aromatic rings. The van der Waals surface area contributed by atoms with Crippen molar-refractivity contribution in [2.75, 3.05) is 7.11 Å². The van der Waals surface area contributed by atoms with Gasteiger partial charge in [-0.2, -0.15) is 0 Å². The molecule has 5 heteroatoms. The van der Waals surface area contributed by atoms with Crippen LogP contribution in [0.1, 0.15) is 17.2 Å². The highest BCUT2D eigenvalue weighted by molar-refractivity contribution is 14.1. The number of hydrazine groups is 1. The molecule has 0 aliphatic rings. The van der Waals surface area contributed by atoms with Crippen LogP contribution in [-0.2, 0) is 0 Å². The van der Waals surface area contributed by atoms with Crippen LogP contribution in [0, 0.1) is 9.39 Å². The summed E-state index contributed by atoms with van der Waals surface area (Å²) in [7, 11) is 1.55. The van der Waals surface area contributed by atoms with Crippen LogP contribution in [0.4, 0.5) is 4.39 Å². The maximum atomic E-state index is 13.4. The first-order valence-electron chi connectivity index (χ1n) is 5.70. The zero-order valence-electron chi connectivity index (χ0n) is 10.4. The first kappa shape index (κ1) is 14.2. The Kier molecular flexibility index (Phi) is 4.73. The van der Waals surface area contributed by atoms with Crippen molar-refractivity contribution in [1.82, 2.24) is 5.43 Å². The minimum absolute atomic E-state index is 0.317. The van der Waals surface area contributed by atoms with Crippen molar-refractivity contribution >= 4 is 22.6 Å². The summed E-state index contributed by atoms with van der Waals surface area (Å²) in [5.74, 6) is 5.90. The molecule has 0 spiro atoms. The van der Waals surface area contributed by atoms with Gasteiger partial charge in [-0.3, -0.25) is 5.84 Å². The van der Waals surface area contributed by atoms with Gasteiger partial charge in [0.15, 0.2) is 0 Å². The Morgan fingerprint density at radius 2 is 1.89 bits per heavy atom. The summed E-state index contributed by atoms with van der Waals surface area (Å²) in [6.45, 7) is 0. The van der Waals surface area contributed by atoms with Gasteiger partial charge >= 0.3 is 0 Å². The van der Waals surface area contributed by atoms with E-state index < -0.39 is 0 Å². The fourth-order valence-corrected chi connectivity index (χ4v) is 2.31. The second kappa shape index (κ2) is 6.31. The van der Waals surface area contributed by atoms with E-state index >= 15 is 0 Å². The second-order valence-electron chi connectivity index (χ2n) is 4.04. The number of nitrogens with one attached hydrogen (secondary N) is 1. The van der Waals surface area contributed by atoms with E-state index in [-0.39, 0.29) is 11.9 Å². The van der Waals surface area contributed by atoms with Gasteiger partial charge in [-0.1, -0.05) is 12.1 Å². The van der Waals surface area contributed by atoms with Crippen molar-refractivity contribution in [3.63, 3.8) is 0 Å². The Morgan fingerprint density at radius 1 is 1.21 bits per heavy atom. The lowest BCUT2D eigenvalue weighted by Gasteiger charge is -2.19. The molecule has 0 heterocycles. The van der Waals surface area contributed by atoms with E-state index in [1.807, 2.05) is 24.3 Å². The van der Waals surface area contributed by atoms with Crippen molar-refractivity contribution in [3.05, 3.63) is 63.0 Å². The molecular formula is C14H14FIN2O. The third kappa shape index (κ3) is 3.23. The van der Waals surface area contributed by atoms with Crippen LogP contribution in [0.5, 0.6) is 5.75 Å². The Morgan fingerprint density at radius 3 is 2.47 bits per heavy atom. The molecule has 1 unspecified atom stereocenters. The van der Waals surface area contributed by atoms with E-state index in [0.717, 1.165) is 9.13 Å². The molecule has 3 N–H and O–H groups in total. The molecule has 0 aliphatic carbocycles. The summed E-state index contributed by atoms with van der Waals surface area (Å²) in [6, 6.07) is 11.9. The number of rotatable bonds is 4. The highest BCUT2D eigenvalue weighted by Crippen LogP contribution is 2.30. The highest BCUT2D eigenvalue weighted by Gasteiger charge is 2.17. The number of nitrogens with two attached hydrogens (primary N) is 1. The number of benzene rings is 2. The number of hydrogen-bond acceptors (Lipinski definition) is 3. The van der Waals surface area contributed by atoms with Gasteiger partial charge in [0.1, 0.15) is 11.6 Å². The number of methoxy groups -OCH3 is 1. The van der Waals surface area contributed by atoms with E-state index in [4.69, 9.17) is 10.6 Å². The zero-order valence-corrected chi connectivity index (χ0v) is 12.5. The standard InChI is InChI=1S/C14H14FIN2O/c1-19-13-7-4-10(15)8-12(13)14(18-17)9-2-5-11(16)6-3-9/h2-8,14,18H,17H2,1H3. The van der Waals surface area contributed by atoms with E-state index in [9.17, 15) is 4.39 Å². The second-order valence-corrected chi connectivity index (χ2v) is 5.28. The lowest BCUT2D eigenvalue weighted by atomic mass is 9.98. The average molecular weight is 372 g/mol. The zero-order chi connectivity index (χ0) is 13.8. The predicted octanol–water partition coefficient (Wildman–Crippen LogP) is 2.99. The smallest absolute Gasteiger partial charge is 0.124 e. The summed E-state index contributed by atoms with van der Waals surface area (Å²) in [6.07, 6.45) is 0. The van der Waals surface area contributed by atoms with Crippen LogP contribution in [0.3, 0.4) is 0 Å². The molecule has 0 amide bonds. The number of hydrogen-bond donors (Lipinski definition) is 2. The summed E-state index contributed by atoms with van der Waals surface area (Å²) in [4.78, 5) is 0. The van der Waals surface area contributed by atoms with E-state index in [1.165, 1.54) is 12.1 Å². The average Bonchev–Trinajstić information content (AvgIpc) is 2.42. The predicted molar refractivity (Wildman–Crippen MR) is 81.3 cm³/mol. The van der Waals surface area contributed by atoms with Gasteiger partial charge in [-0.05, 0) is 58.5 Å². The minimum Gasteiger partial charge on any atom is -0.496 e. The lowest BCUT2D eigenvalue weighted by Crippen LogP contribution is -2.29. The summed E-state index contributed by atoms with van der Waals surface area (Å²) >= 11 is 2.23. The van der Waals surface area contributed by atoms with Crippen molar-refractivity contribution in [3.8, 4) is 5.75 Å². The Labute approximate surface area is 125 Å². The van der Waals surface area contributed by atoms with Crippen LogP contribution in [0.25, 0.3) is 0 Å². The molecule has 2 rings (SSSR count). The topological polar surface area (TPSA) is 47.3 Å². The van der Waals surface area contributed by atoms with Crippen LogP contribution >= 0.6 is 22.6 Å². The fourth-order valence-electron chi connectivity index (χ4n) is 1.95. The monoisotopic (exact) mass is 372 g/mol. The molecule has 0 bridgehead atoms. The fraction of sp³-hybridized carbons (Fsp3) is 0.143. The van der Waals surface area contributed by atoms with Gasteiger partial charge in [0.25, 0.3) is 0 Å². The largest absolute Gasteiger partial charge is 0.496 e. The normalized spacial score (nSPS) is 12.2. The Balaban J connectivity index is 2.47. The molecule has 0 aromatic heterocycles. The first-order chi connectivity index (χ1) is 9.15. The molecule has 0 aliphatic heterocycles. The van der Waals surface area contributed by atoms with Gasteiger partial charge in [0, 0.05) is 9.13 Å². The lowest BCUT2D eigenvalue weighted by molar-refractivity contribution is 0.402. The van der Waals surface area contributed by atoms with Gasteiger partial charge in [0.05, 0.1) is 13.2 Å². The van der Waals surface area contributed by atoms with E-state index in [0.29, 0.717) is 11.3 Å². The maximum Gasteiger partial charge on any atom is 0.124 e. The molecule has 3 nitrogen and oxygen atoms in total. The van der Waals surface area contributed by atoms with E-state index in [2.05, 4.69) is 28.0 Å². The summed E-state index contributed by atoms with van der Waals surface area (Å²) < 4.78 is 19.8. The summed E-state index contributed by atoms with van der Waals surface area (Å²) in [5.41, 5.74) is 4.33. The quantitative estimate of drug-likeness (QED) is 0.493. The van der Waals surface area contributed by atoms with Gasteiger partial charge in [-0.15, -0.1) is 0 Å². The molecule has 0 saturated heterocycles. The molecule has 0 fully saturated rings. The van der Waals surface area contributed by atoms with Crippen molar-refractivity contribution < 1.29 is 9.13 Å². The molecule has 19 heavy (non-hydrogen) atoms. The third-order valence-electron chi connectivity index (χ3n) is 2.87. The van der Waals surface area contributed by atoms with Gasteiger partial charge < -0.3 is 4.74 Å². The SMILES string of the molecule is COc1ccc(F)cc1C(NN)c1ccc(I)cc1. The molecule has 1 atom stereocenters. The van der Waals surface area contributed by atoms with Crippen molar-refractivity contribution in [2.45, 2.75) is 6.04 Å². The number of ether oxygens (including phenoxy) is 1. The Bertz CT molecular complexity index is 560. The maximum absolute atomic E-state index is 13.4. The first-order valence-corrected chi connectivity index (χ1v) is 6.78. The van der Waals surface area contributed by atoms with Crippen LogP contribution in [0.2, 0.25) is 0 Å². The van der Waals surface area contributed by atoms with Crippen LogP contribution < -0.4 is 16.0 Å². The number of halogens is 2. The molecule has 2 aromatic carbocycles. The van der Waals surface area contributed by atoms with Gasteiger partial charge in [0.2, 0.25) is 0 Å². The van der Waals surface area contributed by atoms with Crippen molar-refractivity contribution in [2.24, 2.45) is 5.84 Å². The molecule has 100 valence electrons. The molecule has 0 radical (unpaired) electrons. The molecule has 0 saturated carbocycles. The highest BCUT2D eigenvalue weighted by atomic mass is 127. The van der Waals surface area contributed by atoms with Gasteiger partial charge in [-0.25, -0.2) is 9.82 Å². The van der Waals surface area contributed by atoms with Crippen LogP contribution in [0.15, 0.2) is 42.5 Å². The molecular weight excluding hydrogens is 358 g/mol.